The molecule has 18 heavy (non-hydrogen) atoms. The van der Waals surface area contributed by atoms with Crippen LogP contribution in [0.25, 0.3) is 0 Å². The fourth-order valence-corrected chi connectivity index (χ4v) is 2.14. The number of nitrogens with zero attached hydrogens (tertiary/aromatic N) is 1. The highest BCUT2D eigenvalue weighted by molar-refractivity contribution is 5.78. The molecule has 0 saturated heterocycles. The molecule has 1 aromatic rings. The summed E-state index contributed by atoms with van der Waals surface area (Å²) in [5.74, 6) is 0.287. The molecule has 1 aromatic carbocycles. The first-order valence-electron chi connectivity index (χ1n) is 6.59. The second-order valence-electron chi connectivity index (χ2n) is 4.98. The van der Waals surface area contributed by atoms with Gasteiger partial charge in [0.1, 0.15) is 0 Å². The van der Waals surface area contributed by atoms with E-state index in [9.17, 15) is 4.79 Å². The van der Waals surface area contributed by atoms with Crippen LogP contribution in [-0.2, 0) is 4.79 Å². The average Bonchev–Trinajstić information content (AvgIpc) is 2.36. The second kappa shape index (κ2) is 6.43. The van der Waals surface area contributed by atoms with E-state index in [0.29, 0.717) is 0 Å². The average molecular weight is 248 g/mol. The lowest BCUT2D eigenvalue weighted by molar-refractivity contribution is -0.135. The molecule has 1 amide bonds. The molecule has 0 fully saturated rings. The van der Waals surface area contributed by atoms with Gasteiger partial charge in [-0.1, -0.05) is 32.4 Å². The summed E-state index contributed by atoms with van der Waals surface area (Å²) in [6.45, 7) is 6.13. The normalized spacial score (nSPS) is 14.0. The van der Waals surface area contributed by atoms with Gasteiger partial charge < -0.3 is 10.6 Å². The zero-order valence-corrected chi connectivity index (χ0v) is 11.8. The molecular weight excluding hydrogens is 224 g/mol. The van der Waals surface area contributed by atoms with E-state index in [1.807, 2.05) is 50.1 Å². The molecule has 0 bridgehead atoms. The lowest BCUT2D eigenvalue weighted by Gasteiger charge is -2.28. The Morgan fingerprint density at radius 1 is 1.39 bits per heavy atom. The third-order valence-electron chi connectivity index (χ3n) is 3.46. The first-order chi connectivity index (χ1) is 8.47. The Hall–Kier alpha value is -1.51. The van der Waals surface area contributed by atoms with Gasteiger partial charge in [-0.2, -0.15) is 0 Å². The summed E-state index contributed by atoms with van der Waals surface area (Å²) >= 11 is 0. The van der Waals surface area contributed by atoms with E-state index >= 15 is 0 Å². The van der Waals surface area contributed by atoms with Crippen molar-refractivity contribution in [1.29, 1.82) is 0 Å². The summed E-state index contributed by atoms with van der Waals surface area (Å²) in [7, 11) is 1.86. The molecular formula is C15H24N2O. The van der Waals surface area contributed by atoms with E-state index in [4.69, 9.17) is 5.73 Å². The monoisotopic (exact) mass is 248 g/mol. The van der Waals surface area contributed by atoms with E-state index in [2.05, 4.69) is 6.92 Å². The molecule has 0 heterocycles. The van der Waals surface area contributed by atoms with Crippen LogP contribution in [-0.4, -0.2) is 17.9 Å². The molecule has 3 heteroatoms. The molecule has 2 unspecified atom stereocenters. The van der Waals surface area contributed by atoms with Crippen molar-refractivity contribution >= 4 is 11.6 Å². The van der Waals surface area contributed by atoms with Gasteiger partial charge in [0.15, 0.2) is 0 Å². The smallest absolute Gasteiger partial charge is 0.225 e. The molecule has 100 valence electrons. The van der Waals surface area contributed by atoms with Crippen molar-refractivity contribution < 1.29 is 4.79 Å². The first-order valence-corrected chi connectivity index (χ1v) is 6.59. The standard InChI is InChI=1S/C15H24N2O/c1-5-7-11(2)15(18)17(4)12(3)13-8-6-9-14(16)10-13/h6,8-12H,5,7,16H2,1-4H3. The van der Waals surface area contributed by atoms with Crippen LogP contribution in [0.15, 0.2) is 24.3 Å². The number of hydrogen-bond acceptors (Lipinski definition) is 2. The number of carbonyl (C=O) groups is 1. The van der Waals surface area contributed by atoms with Crippen LogP contribution in [0.4, 0.5) is 5.69 Å². The van der Waals surface area contributed by atoms with Gasteiger partial charge in [0, 0.05) is 18.7 Å². The minimum atomic E-state index is 0.0558. The van der Waals surface area contributed by atoms with Gasteiger partial charge in [-0.3, -0.25) is 4.79 Å². The summed E-state index contributed by atoms with van der Waals surface area (Å²) in [6.07, 6.45) is 1.97. The molecule has 0 radical (unpaired) electrons. The lowest BCUT2D eigenvalue weighted by Crippen LogP contribution is -2.33. The third-order valence-corrected chi connectivity index (χ3v) is 3.46. The van der Waals surface area contributed by atoms with E-state index in [-0.39, 0.29) is 17.9 Å². The predicted octanol–water partition coefficient (Wildman–Crippen LogP) is 3.22. The zero-order valence-electron chi connectivity index (χ0n) is 11.8. The van der Waals surface area contributed by atoms with Crippen molar-refractivity contribution in [3.63, 3.8) is 0 Å². The fourth-order valence-electron chi connectivity index (χ4n) is 2.14. The second-order valence-corrected chi connectivity index (χ2v) is 4.98. The van der Waals surface area contributed by atoms with Gasteiger partial charge in [0.2, 0.25) is 5.91 Å². The predicted molar refractivity (Wildman–Crippen MR) is 76.1 cm³/mol. The Kier molecular flexibility index (Phi) is 5.20. The summed E-state index contributed by atoms with van der Waals surface area (Å²) in [5, 5.41) is 0. The Morgan fingerprint density at radius 2 is 2.06 bits per heavy atom. The van der Waals surface area contributed by atoms with Crippen LogP contribution in [0.1, 0.15) is 45.2 Å². The number of hydrogen-bond donors (Lipinski definition) is 1. The van der Waals surface area contributed by atoms with Crippen molar-refractivity contribution in [1.82, 2.24) is 4.90 Å². The number of nitrogens with two attached hydrogens (primary N) is 1. The Labute approximate surface area is 110 Å². The van der Waals surface area contributed by atoms with Crippen molar-refractivity contribution in [2.75, 3.05) is 12.8 Å². The minimum absolute atomic E-state index is 0.0558. The van der Waals surface area contributed by atoms with Gasteiger partial charge >= 0.3 is 0 Å². The highest BCUT2D eigenvalue weighted by Gasteiger charge is 2.21. The van der Waals surface area contributed by atoms with Crippen molar-refractivity contribution in [2.45, 2.75) is 39.7 Å². The largest absolute Gasteiger partial charge is 0.399 e. The van der Waals surface area contributed by atoms with Gasteiger partial charge in [-0.25, -0.2) is 0 Å². The van der Waals surface area contributed by atoms with Crippen LogP contribution in [0.5, 0.6) is 0 Å². The van der Waals surface area contributed by atoms with E-state index in [1.165, 1.54) is 0 Å². The van der Waals surface area contributed by atoms with Gasteiger partial charge in [0.25, 0.3) is 0 Å². The molecule has 0 saturated carbocycles. The van der Waals surface area contributed by atoms with Crippen molar-refractivity contribution in [3.8, 4) is 0 Å². The minimum Gasteiger partial charge on any atom is -0.399 e. The number of rotatable bonds is 5. The van der Waals surface area contributed by atoms with Crippen LogP contribution in [0.2, 0.25) is 0 Å². The summed E-state index contributed by atoms with van der Waals surface area (Å²) < 4.78 is 0. The Bertz CT molecular complexity index is 403. The number of carbonyl (C=O) groups excluding carboxylic acids is 1. The van der Waals surface area contributed by atoms with E-state index < -0.39 is 0 Å². The van der Waals surface area contributed by atoms with Crippen molar-refractivity contribution in [2.24, 2.45) is 5.92 Å². The van der Waals surface area contributed by atoms with Gasteiger partial charge in [0.05, 0.1) is 6.04 Å². The maximum atomic E-state index is 12.2. The van der Waals surface area contributed by atoms with E-state index in [0.717, 1.165) is 24.1 Å². The summed E-state index contributed by atoms with van der Waals surface area (Å²) in [6, 6.07) is 7.78. The molecule has 3 nitrogen and oxygen atoms in total. The quantitative estimate of drug-likeness (QED) is 0.813. The summed E-state index contributed by atoms with van der Waals surface area (Å²) in [5.41, 5.74) is 7.59. The number of benzene rings is 1. The maximum Gasteiger partial charge on any atom is 0.225 e. The van der Waals surface area contributed by atoms with Crippen LogP contribution < -0.4 is 5.73 Å². The molecule has 0 aromatic heterocycles. The Balaban J connectivity index is 2.77. The summed E-state index contributed by atoms with van der Waals surface area (Å²) in [4.78, 5) is 14.0. The maximum absolute atomic E-state index is 12.2. The number of amides is 1. The highest BCUT2D eigenvalue weighted by Crippen LogP contribution is 2.23. The zero-order chi connectivity index (χ0) is 13.7. The highest BCUT2D eigenvalue weighted by atomic mass is 16.2. The number of nitrogen functional groups attached to an aromatic ring is 1. The van der Waals surface area contributed by atoms with Crippen LogP contribution in [0, 0.1) is 5.92 Å². The van der Waals surface area contributed by atoms with Crippen molar-refractivity contribution in [3.05, 3.63) is 29.8 Å². The number of anilines is 1. The third kappa shape index (κ3) is 3.49. The molecule has 0 aliphatic carbocycles. The molecule has 2 atom stereocenters. The fraction of sp³-hybridized carbons (Fsp3) is 0.533. The lowest BCUT2D eigenvalue weighted by atomic mass is 10.0. The SMILES string of the molecule is CCCC(C)C(=O)N(C)C(C)c1cccc(N)c1. The van der Waals surface area contributed by atoms with Gasteiger partial charge in [-0.05, 0) is 31.0 Å². The molecule has 0 spiro atoms. The first kappa shape index (κ1) is 14.6. The molecule has 0 aliphatic rings. The molecule has 0 aliphatic heterocycles. The topological polar surface area (TPSA) is 46.3 Å². The Morgan fingerprint density at radius 3 is 2.61 bits per heavy atom. The van der Waals surface area contributed by atoms with Gasteiger partial charge in [-0.15, -0.1) is 0 Å². The molecule has 2 N–H and O–H groups in total. The van der Waals surface area contributed by atoms with E-state index in [1.54, 1.807) is 0 Å². The van der Waals surface area contributed by atoms with Crippen LogP contribution in [0.3, 0.4) is 0 Å². The van der Waals surface area contributed by atoms with Crippen LogP contribution >= 0.6 is 0 Å². The molecule has 1 rings (SSSR count).